The number of benzene rings is 1. The fourth-order valence-corrected chi connectivity index (χ4v) is 5.63. The highest BCUT2D eigenvalue weighted by Crippen LogP contribution is 2.48. The SMILES string of the molecule is CCC(C)OC(=O)N1CCC2(CC1)CN([C@@H]1CCc3cc(-c4ccc(C#N)nc4)ccc31)C2. The molecule has 1 aliphatic carbocycles. The minimum atomic E-state index is -0.145. The molecule has 0 radical (unpaired) electrons. The summed E-state index contributed by atoms with van der Waals surface area (Å²) in [4.78, 5) is 21.1. The topological polar surface area (TPSA) is 69.5 Å². The van der Waals surface area contributed by atoms with Gasteiger partial charge in [0.05, 0.1) is 0 Å². The van der Waals surface area contributed by atoms with Crippen LogP contribution in [0.2, 0.25) is 0 Å². The minimum absolute atomic E-state index is 0.0105. The molecule has 1 aromatic carbocycles. The number of carbonyl (C=O) groups excluding carboxylic acids is 1. The molecule has 1 unspecified atom stereocenters. The van der Waals surface area contributed by atoms with E-state index in [1.165, 1.54) is 23.1 Å². The third kappa shape index (κ3) is 4.22. The lowest BCUT2D eigenvalue weighted by molar-refractivity contribution is -0.0691. The summed E-state index contributed by atoms with van der Waals surface area (Å²) in [5, 5.41) is 8.97. The number of nitriles is 1. The summed E-state index contributed by atoms with van der Waals surface area (Å²) in [6, 6.07) is 13.1. The van der Waals surface area contributed by atoms with Crippen LogP contribution in [0.5, 0.6) is 0 Å². The predicted molar refractivity (Wildman–Crippen MR) is 126 cm³/mol. The second kappa shape index (κ2) is 8.79. The number of hydrogen-bond acceptors (Lipinski definition) is 5. The average Bonchev–Trinajstić information content (AvgIpc) is 3.25. The van der Waals surface area contributed by atoms with Gasteiger partial charge in [0.1, 0.15) is 17.9 Å². The van der Waals surface area contributed by atoms with E-state index in [-0.39, 0.29) is 12.2 Å². The van der Waals surface area contributed by atoms with Crippen LogP contribution in [0.4, 0.5) is 4.79 Å². The second-order valence-electron chi connectivity index (χ2n) is 10.0. The van der Waals surface area contributed by atoms with E-state index in [9.17, 15) is 4.79 Å². The monoisotopic (exact) mass is 444 g/mol. The summed E-state index contributed by atoms with van der Waals surface area (Å²) in [7, 11) is 0. The Hall–Kier alpha value is -2.91. The van der Waals surface area contributed by atoms with Crippen LogP contribution in [0.25, 0.3) is 11.1 Å². The normalized spacial score (nSPS) is 22.3. The molecule has 5 rings (SSSR count). The Morgan fingerprint density at radius 2 is 2.00 bits per heavy atom. The van der Waals surface area contributed by atoms with Crippen molar-refractivity contribution in [3.8, 4) is 17.2 Å². The van der Waals surface area contributed by atoms with Crippen LogP contribution in [-0.2, 0) is 11.2 Å². The second-order valence-corrected chi connectivity index (χ2v) is 10.0. The van der Waals surface area contributed by atoms with Crippen molar-refractivity contribution < 1.29 is 9.53 Å². The maximum Gasteiger partial charge on any atom is 0.410 e. The molecule has 3 heterocycles. The van der Waals surface area contributed by atoms with Crippen LogP contribution < -0.4 is 0 Å². The largest absolute Gasteiger partial charge is 0.446 e. The van der Waals surface area contributed by atoms with Gasteiger partial charge >= 0.3 is 6.09 Å². The summed E-state index contributed by atoms with van der Waals surface area (Å²) in [6.07, 6.45) is 6.91. The lowest BCUT2D eigenvalue weighted by Gasteiger charge is -2.56. The number of hydrogen-bond donors (Lipinski definition) is 0. The van der Waals surface area contributed by atoms with Gasteiger partial charge in [0.15, 0.2) is 0 Å². The molecule has 0 N–H and O–H groups in total. The Labute approximate surface area is 196 Å². The zero-order valence-electron chi connectivity index (χ0n) is 19.6. The molecule has 0 saturated carbocycles. The van der Waals surface area contributed by atoms with E-state index >= 15 is 0 Å². The number of fused-ring (bicyclic) bond motifs is 1. The number of rotatable bonds is 4. The minimum Gasteiger partial charge on any atom is -0.446 e. The van der Waals surface area contributed by atoms with Crippen molar-refractivity contribution in [1.82, 2.24) is 14.8 Å². The maximum atomic E-state index is 12.3. The first-order valence-corrected chi connectivity index (χ1v) is 12.2. The quantitative estimate of drug-likeness (QED) is 0.668. The van der Waals surface area contributed by atoms with Crippen LogP contribution >= 0.6 is 0 Å². The van der Waals surface area contributed by atoms with Crippen LogP contribution in [0.3, 0.4) is 0 Å². The molecule has 2 aromatic rings. The van der Waals surface area contributed by atoms with E-state index in [2.05, 4.69) is 34.2 Å². The van der Waals surface area contributed by atoms with E-state index in [0.717, 1.165) is 57.4 Å². The van der Waals surface area contributed by atoms with Crippen LogP contribution in [0.1, 0.15) is 62.4 Å². The first-order valence-electron chi connectivity index (χ1n) is 12.2. The molecule has 33 heavy (non-hydrogen) atoms. The molecular weight excluding hydrogens is 412 g/mol. The number of aryl methyl sites for hydroxylation is 1. The van der Waals surface area contributed by atoms with Gasteiger partial charge in [0.25, 0.3) is 0 Å². The third-order valence-corrected chi connectivity index (χ3v) is 7.88. The summed E-state index contributed by atoms with van der Waals surface area (Å²) >= 11 is 0. The van der Waals surface area contributed by atoms with Gasteiger partial charge in [-0.1, -0.05) is 25.1 Å². The highest BCUT2D eigenvalue weighted by Gasteiger charge is 2.48. The molecular formula is C27H32N4O2. The highest BCUT2D eigenvalue weighted by molar-refractivity contribution is 5.68. The van der Waals surface area contributed by atoms with E-state index in [0.29, 0.717) is 17.2 Å². The Morgan fingerprint density at radius 3 is 2.67 bits per heavy atom. The average molecular weight is 445 g/mol. The zero-order valence-corrected chi connectivity index (χ0v) is 19.6. The van der Waals surface area contributed by atoms with Crippen LogP contribution in [0.15, 0.2) is 36.5 Å². The molecule has 3 aliphatic rings. The van der Waals surface area contributed by atoms with Crippen molar-refractivity contribution in [1.29, 1.82) is 5.26 Å². The number of likely N-dealkylation sites (tertiary alicyclic amines) is 2. The summed E-state index contributed by atoms with van der Waals surface area (Å²) < 4.78 is 5.51. The molecule has 1 spiro atoms. The van der Waals surface area contributed by atoms with Crippen molar-refractivity contribution in [2.45, 2.75) is 58.1 Å². The van der Waals surface area contributed by atoms with Crippen molar-refractivity contribution in [3.05, 3.63) is 53.3 Å². The van der Waals surface area contributed by atoms with Gasteiger partial charge in [0.2, 0.25) is 0 Å². The number of pyridine rings is 1. The Bertz CT molecular complexity index is 1060. The lowest BCUT2D eigenvalue weighted by Crippen LogP contribution is -2.61. The Balaban J connectivity index is 1.18. The number of aromatic nitrogens is 1. The van der Waals surface area contributed by atoms with Crippen molar-refractivity contribution in [2.24, 2.45) is 5.41 Å². The lowest BCUT2D eigenvalue weighted by atomic mass is 9.71. The van der Waals surface area contributed by atoms with E-state index in [4.69, 9.17) is 10.00 Å². The third-order valence-electron chi connectivity index (χ3n) is 7.88. The van der Waals surface area contributed by atoms with Gasteiger partial charge in [-0.05, 0) is 73.3 Å². The summed E-state index contributed by atoms with van der Waals surface area (Å²) in [5.74, 6) is 0. The predicted octanol–water partition coefficient (Wildman–Crippen LogP) is 4.94. The fraction of sp³-hybridized carbons (Fsp3) is 0.519. The molecule has 2 fully saturated rings. The standard InChI is InChI=1S/C27H32N4O2/c1-3-19(2)33-26(32)30-12-10-27(11-13-30)17-31(18-27)25-9-6-21-14-20(5-8-24(21)25)22-4-7-23(15-28)29-16-22/h4-5,7-8,14,16,19,25H,3,6,9-13,17-18H2,1-2H3/t19?,25-/m1/s1. The molecule has 172 valence electrons. The van der Waals surface area contributed by atoms with Gasteiger partial charge in [-0.2, -0.15) is 5.26 Å². The van der Waals surface area contributed by atoms with Crippen molar-refractivity contribution in [2.75, 3.05) is 26.2 Å². The summed E-state index contributed by atoms with van der Waals surface area (Å²) in [5.41, 5.74) is 5.94. The number of carbonyl (C=O) groups is 1. The van der Waals surface area contributed by atoms with Gasteiger partial charge < -0.3 is 9.64 Å². The van der Waals surface area contributed by atoms with Crippen LogP contribution in [0, 0.1) is 16.7 Å². The number of piperidine rings is 1. The first-order chi connectivity index (χ1) is 16.0. The molecule has 2 atom stereocenters. The molecule has 2 saturated heterocycles. The zero-order chi connectivity index (χ0) is 23.0. The van der Waals surface area contributed by atoms with Crippen LogP contribution in [-0.4, -0.2) is 53.2 Å². The van der Waals surface area contributed by atoms with Gasteiger partial charge in [-0.25, -0.2) is 9.78 Å². The molecule has 0 bridgehead atoms. The maximum absolute atomic E-state index is 12.3. The van der Waals surface area contributed by atoms with Gasteiger partial charge in [0, 0.05) is 44.0 Å². The molecule has 1 amide bonds. The van der Waals surface area contributed by atoms with Gasteiger partial charge in [-0.15, -0.1) is 0 Å². The Morgan fingerprint density at radius 1 is 1.24 bits per heavy atom. The van der Waals surface area contributed by atoms with E-state index < -0.39 is 0 Å². The van der Waals surface area contributed by atoms with Crippen molar-refractivity contribution in [3.63, 3.8) is 0 Å². The number of nitrogens with zero attached hydrogens (tertiary/aromatic N) is 4. The molecule has 6 nitrogen and oxygen atoms in total. The van der Waals surface area contributed by atoms with E-state index in [1.54, 1.807) is 12.3 Å². The fourth-order valence-electron chi connectivity index (χ4n) is 5.63. The smallest absolute Gasteiger partial charge is 0.410 e. The van der Waals surface area contributed by atoms with Gasteiger partial charge in [-0.3, -0.25) is 4.90 Å². The van der Waals surface area contributed by atoms with E-state index in [1.807, 2.05) is 24.8 Å². The molecule has 2 aliphatic heterocycles. The summed E-state index contributed by atoms with van der Waals surface area (Å²) in [6.45, 7) is 7.88. The Kier molecular flexibility index (Phi) is 5.84. The molecule has 6 heteroatoms. The molecule has 1 aromatic heterocycles. The van der Waals surface area contributed by atoms with Crippen molar-refractivity contribution >= 4 is 6.09 Å². The first kappa shape index (κ1) is 21.9. The number of amides is 1. The highest BCUT2D eigenvalue weighted by atomic mass is 16.6. The number of ether oxygens (including phenoxy) is 1.